The molecule has 0 bridgehead atoms. The van der Waals surface area contributed by atoms with Crippen molar-refractivity contribution in [1.29, 1.82) is 0 Å². The zero-order valence-corrected chi connectivity index (χ0v) is 8.90. The van der Waals surface area contributed by atoms with E-state index >= 15 is 0 Å². The van der Waals surface area contributed by atoms with Crippen LogP contribution < -0.4 is 5.32 Å². The van der Waals surface area contributed by atoms with Crippen LogP contribution in [0.5, 0.6) is 0 Å². The van der Waals surface area contributed by atoms with Crippen LogP contribution in [-0.2, 0) is 0 Å². The average molecular weight is 193 g/mol. The molecule has 1 rings (SSSR count). The molecule has 1 nitrogen and oxygen atoms in total. The van der Waals surface area contributed by atoms with Gasteiger partial charge >= 0.3 is 0 Å². The van der Waals surface area contributed by atoms with E-state index < -0.39 is 0 Å². The Bertz CT molecular complexity index is 283. The van der Waals surface area contributed by atoms with Crippen molar-refractivity contribution in [3.63, 3.8) is 0 Å². The van der Waals surface area contributed by atoms with Gasteiger partial charge in [0.05, 0.1) is 0 Å². The van der Waals surface area contributed by atoms with Crippen molar-refractivity contribution in [3.8, 4) is 0 Å². The van der Waals surface area contributed by atoms with Gasteiger partial charge in [0.1, 0.15) is 0 Å². The minimum Gasteiger partial charge on any atom is -0.379 e. The number of hydrogen-bond donors (Lipinski definition) is 1. The lowest BCUT2D eigenvalue weighted by molar-refractivity contribution is 1.000. The summed E-state index contributed by atoms with van der Waals surface area (Å²) >= 11 is 1.75. The molecule has 0 spiro atoms. The molecule has 0 saturated heterocycles. The molecule has 1 aromatic carbocycles. The van der Waals surface area contributed by atoms with E-state index in [1.54, 1.807) is 11.8 Å². The monoisotopic (exact) mass is 193 g/mol. The number of hydrogen-bond acceptors (Lipinski definition) is 2. The van der Waals surface area contributed by atoms with Gasteiger partial charge < -0.3 is 5.32 Å². The first-order chi connectivity index (χ1) is 6.26. The summed E-state index contributed by atoms with van der Waals surface area (Å²) in [7, 11) is 0. The minimum absolute atomic E-state index is 0.317. The molecular weight excluding hydrogens is 178 g/mol. The number of thioether (sulfide) groups is 1. The lowest BCUT2D eigenvalue weighted by atomic mass is 10.2. The van der Waals surface area contributed by atoms with Crippen LogP contribution in [0, 0.1) is 0 Å². The second-order valence-corrected chi connectivity index (χ2v) is 3.78. The van der Waals surface area contributed by atoms with Crippen LogP contribution in [-0.4, -0.2) is 12.3 Å². The highest BCUT2D eigenvalue weighted by atomic mass is 32.2. The summed E-state index contributed by atoms with van der Waals surface area (Å²) in [5, 5.41) is 3.33. The van der Waals surface area contributed by atoms with Crippen molar-refractivity contribution >= 4 is 17.4 Å². The van der Waals surface area contributed by atoms with Crippen molar-refractivity contribution in [2.45, 2.75) is 17.9 Å². The molecule has 0 aromatic heterocycles. The summed E-state index contributed by atoms with van der Waals surface area (Å²) in [6.45, 7) is 5.81. The first kappa shape index (κ1) is 10.2. The van der Waals surface area contributed by atoms with E-state index in [1.165, 1.54) is 4.90 Å². The van der Waals surface area contributed by atoms with Crippen molar-refractivity contribution in [3.05, 3.63) is 36.9 Å². The summed E-state index contributed by atoms with van der Waals surface area (Å²) in [5.41, 5.74) is 1.15. The lowest BCUT2D eigenvalue weighted by Crippen LogP contribution is -2.10. The van der Waals surface area contributed by atoms with Crippen LogP contribution in [0.15, 0.2) is 41.8 Å². The van der Waals surface area contributed by atoms with Gasteiger partial charge in [-0.3, -0.25) is 0 Å². The van der Waals surface area contributed by atoms with Gasteiger partial charge in [-0.15, -0.1) is 18.3 Å². The molecule has 70 valence electrons. The van der Waals surface area contributed by atoms with Gasteiger partial charge in [-0.2, -0.15) is 0 Å². The van der Waals surface area contributed by atoms with Crippen molar-refractivity contribution in [2.24, 2.45) is 0 Å². The summed E-state index contributed by atoms with van der Waals surface area (Å²) < 4.78 is 0. The van der Waals surface area contributed by atoms with Crippen LogP contribution in [0.1, 0.15) is 6.92 Å². The first-order valence-corrected chi connectivity index (χ1v) is 5.52. The third-order valence-corrected chi connectivity index (χ3v) is 2.54. The summed E-state index contributed by atoms with van der Waals surface area (Å²) in [5.74, 6) is 0. The van der Waals surface area contributed by atoms with Gasteiger partial charge in [-0.1, -0.05) is 12.1 Å². The maximum atomic E-state index is 3.73. The van der Waals surface area contributed by atoms with Crippen LogP contribution in [0.3, 0.4) is 0 Å². The number of rotatable bonds is 4. The predicted molar refractivity (Wildman–Crippen MR) is 61.5 cm³/mol. The molecule has 1 unspecified atom stereocenters. The molecule has 0 heterocycles. The van der Waals surface area contributed by atoms with E-state index in [-0.39, 0.29) is 0 Å². The van der Waals surface area contributed by atoms with Crippen LogP contribution in [0.25, 0.3) is 0 Å². The zero-order chi connectivity index (χ0) is 9.68. The van der Waals surface area contributed by atoms with Gasteiger partial charge in [-0.05, 0) is 31.4 Å². The smallest absolute Gasteiger partial charge is 0.0413 e. The Kier molecular flexibility index (Phi) is 3.90. The second-order valence-electron chi connectivity index (χ2n) is 2.90. The molecule has 1 aromatic rings. The van der Waals surface area contributed by atoms with Crippen molar-refractivity contribution in [2.75, 3.05) is 11.6 Å². The molecule has 0 aliphatic carbocycles. The number of benzene rings is 1. The minimum atomic E-state index is 0.317. The fourth-order valence-electron chi connectivity index (χ4n) is 1.03. The van der Waals surface area contributed by atoms with Gasteiger partial charge in [0.15, 0.2) is 0 Å². The summed E-state index contributed by atoms with van der Waals surface area (Å²) in [6, 6.07) is 8.69. The highest BCUT2D eigenvalue weighted by Gasteiger charge is 1.96. The largest absolute Gasteiger partial charge is 0.379 e. The molecule has 1 atom stereocenters. The second kappa shape index (κ2) is 4.97. The topological polar surface area (TPSA) is 12.0 Å². The molecule has 2 heteroatoms. The number of anilines is 1. The van der Waals surface area contributed by atoms with E-state index in [9.17, 15) is 0 Å². The molecule has 0 radical (unpaired) electrons. The summed E-state index contributed by atoms with van der Waals surface area (Å²) in [6.07, 6.45) is 3.97. The fraction of sp³-hybridized carbons (Fsp3) is 0.273. The SMILES string of the molecule is C=CC(C)Nc1cccc(SC)c1. The summed E-state index contributed by atoms with van der Waals surface area (Å²) in [4.78, 5) is 1.28. The molecular formula is C11H15NS. The molecule has 0 saturated carbocycles. The fourth-order valence-corrected chi connectivity index (χ4v) is 1.49. The molecule has 0 aliphatic rings. The van der Waals surface area contributed by atoms with E-state index in [0.717, 1.165) is 5.69 Å². The third-order valence-electron chi connectivity index (χ3n) is 1.82. The van der Waals surface area contributed by atoms with Gasteiger partial charge in [0, 0.05) is 16.6 Å². The number of nitrogens with one attached hydrogen (secondary N) is 1. The molecule has 0 aliphatic heterocycles. The van der Waals surface area contributed by atoms with Crippen LogP contribution in [0.2, 0.25) is 0 Å². The molecule has 1 N–H and O–H groups in total. The average Bonchev–Trinajstić information content (AvgIpc) is 2.18. The van der Waals surface area contributed by atoms with E-state index in [2.05, 4.69) is 49.3 Å². The molecule has 0 fully saturated rings. The Morgan fingerprint density at radius 1 is 1.54 bits per heavy atom. The van der Waals surface area contributed by atoms with Gasteiger partial charge in [0.25, 0.3) is 0 Å². The maximum absolute atomic E-state index is 3.73. The van der Waals surface area contributed by atoms with E-state index in [0.29, 0.717) is 6.04 Å². The Balaban J connectivity index is 2.71. The van der Waals surface area contributed by atoms with Crippen molar-refractivity contribution < 1.29 is 0 Å². The highest BCUT2D eigenvalue weighted by Crippen LogP contribution is 2.19. The molecule has 13 heavy (non-hydrogen) atoms. The Labute approximate surface area is 84.2 Å². The first-order valence-electron chi connectivity index (χ1n) is 4.29. The standard InChI is InChI=1S/C11H15NS/c1-4-9(2)12-10-6-5-7-11(8-10)13-3/h4-9,12H,1H2,2-3H3. The van der Waals surface area contributed by atoms with E-state index in [1.807, 2.05) is 6.08 Å². The van der Waals surface area contributed by atoms with Crippen LogP contribution in [0.4, 0.5) is 5.69 Å². The zero-order valence-electron chi connectivity index (χ0n) is 8.08. The lowest BCUT2D eigenvalue weighted by Gasteiger charge is -2.11. The van der Waals surface area contributed by atoms with Crippen molar-refractivity contribution in [1.82, 2.24) is 0 Å². The van der Waals surface area contributed by atoms with Gasteiger partial charge in [0.2, 0.25) is 0 Å². The van der Waals surface area contributed by atoms with Gasteiger partial charge in [-0.25, -0.2) is 0 Å². The quantitative estimate of drug-likeness (QED) is 0.581. The Hall–Kier alpha value is -0.890. The van der Waals surface area contributed by atoms with Crippen LogP contribution >= 0.6 is 11.8 Å². The van der Waals surface area contributed by atoms with E-state index in [4.69, 9.17) is 0 Å². The molecule has 0 amide bonds. The third kappa shape index (κ3) is 3.15. The predicted octanol–water partition coefficient (Wildman–Crippen LogP) is 3.39. The Morgan fingerprint density at radius 3 is 2.92 bits per heavy atom. The highest BCUT2D eigenvalue weighted by molar-refractivity contribution is 7.98. The maximum Gasteiger partial charge on any atom is 0.0413 e. The normalized spacial score (nSPS) is 12.2. The Morgan fingerprint density at radius 2 is 2.31 bits per heavy atom.